The first-order chi connectivity index (χ1) is 9.30. The number of nitriles is 2. The number of hydrogen-bond donors (Lipinski definition) is 0. The minimum absolute atomic E-state index is 0.0197. The molecule has 0 amide bonds. The highest BCUT2D eigenvalue weighted by atomic mass is 16.5. The molecule has 5 nitrogen and oxygen atoms in total. The molecule has 19 heavy (non-hydrogen) atoms. The molecular weight excluding hydrogens is 240 g/mol. The first-order valence-electron chi connectivity index (χ1n) is 5.69. The van der Waals surface area contributed by atoms with Gasteiger partial charge in [-0.2, -0.15) is 10.5 Å². The van der Waals surface area contributed by atoms with Crippen LogP contribution in [0.25, 0.3) is 11.3 Å². The molecule has 0 unspecified atom stereocenters. The number of benzene rings is 1. The molecule has 0 bridgehead atoms. The van der Waals surface area contributed by atoms with Gasteiger partial charge in [0.25, 0.3) is 0 Å². The van der Waals surface area contributed by atoms with Crippen LogP contribution in [0.3, 0.4) is 0 Å². The molecule has 92 valence electrons. The Bertz CT molecular complexity index is 683. The quantitative estimate of drug-likeness (QED) is 0.834. The van der Waals surface area contributed by atoms with Crippen LogP contribution in [0.4, 0.5) is 0 Å². The summed E-state index contributed by atoms with van der Waals surface area (Å²) in [5, 5.41) is 17.8. The third-order valence-corrected chi connectivity index (χ3v) is 2.45. The highest BCUT2D eigenvalue weighted by Gasteiger charge is 2.11. The van der Waals surface area contributed by atoms with Gasteiger partial charge >= 0.3 is 0 Å². The van der Waals surface area contributed by atoms with Crippen molar-refractivity contribution in [2.24, 2.45) is 0 Å². The monoisotopic (exact) mass is 250 g/mol. The van der Waals surface area contributed by atoms with Crippen molar-refractivity contribution in [2.45, 2.75) is 6.92 Å². The summed E-state index contributed by atoms with van der Waals surface area (Å²) in [4.78, 5) is 8.09. The molecule has 0 N–H and O–H groups in total. The zero-order valence-corrected chi connectivity index (χ0v) is 10.3. The van der Waals surface area contributed by atoms with Crippen molar-refractivity contribution in [3.05, 3.63) is 41.9 Å². The van der Waals surface area contributed by atoms with Crippen LogP contribution < -0.4 is 4.74 Å². The second-order valence-electron chi connectivity index (χ2n) is 3.61. The van der Waals surface area contributed by atoms with Crippen LogP contribution >= 0.6 is 0 Å². The lowest BCUT2D eigenvalue weighted by Crippen LogP contribution is -1.99. The van der Waals surface area contributed by atoms with Gasteiger partial charge in [0.15, 0.2) is 11.4 Å². The number of rotatable bonds is 3. The summed E-state index contributed by atoms with van der Waals surface area (Å²) in [6.45, 7) is 2.42. The third kappa shape index (κ3) is 2.51. The fraction of sp³-hybridized carbons (Fsp3) is 0.143. The molecule has 0 radical (unpaired) electrons. The molecule has 5 heteroatoms. The summed E-state index contributed by atoms with van der Waals surface area (Å²) in [5.41, 5.74) is 1.31. The summed E-state index contributed by atoms with van der Waals surface area (Å²) in [6, 6.07) is 11.1. The van der Waals surface area contributed by atoms with Crippen molar-refractivity contribution in [1.82, 2.24) is 9.97 Å². The largest absolute Gasteiger partial charge is 0.493 e. The second-order valence-corrected chi connectivity index (χ2v) is 3.61. The zero-order valence-electron chi connectivity index (χ0n) is 10.3. The SMILES string of the molecule is CCOc1ccccc1-c1cnc(C#N)c(C#N)n1. The van der Waals surface area contributed by atoms with E-state index in [9.17, 15) is 0 Å². The van der Waals surface area contributed by atoms with Crippen molar-refractivity contribution < 1.29 is 4.74 Å². The number of para-hydroxylation sites is 1. The van der Waals surface area contributed by atoms with E-state index in [0.29, 0.717) is 18.1 Å². The Morgan fingerprint density at radius 3 is 2.58 bits per heavy atom. The second kappa shape index (κ2) is 5.61. The van der Waals surface area contributed by atoms with Crippen LogP contribution in [0.2, 0.25) is 0 Å². The normalized spacial score (nSPS) is 9.42. The molecule has 0 saturated carbocycles. The van der Waals surface area contributed by atoms with Gasteiger partial charge in [0.1, 0.15) is 17.9 Å². The van der Waals surface area contributed by atoms with Crippen molar-refractivity contribution in [3.8, 4) is 29.1 Å². The van der Waals surface area contributed by atoms with Crippen LogP contribution in [0, 0.1) is 22.7 Å². The molecule has 1 aromatic heterocycles. The van der Waals surface area contributed by atoms with Gasteiger partial charge in [-0.3, -0.25) is 0 Å². The Hall–Kier alpha value is -2.92. The van der Waals surface area contributed by atoms with Gasteiger partial charge in [0, 0.05) is 5.56 Å². The fourth-order valence-corrected chi connectivity index (χ4v) is 1.64. The number of nitrogens with zero attached hydrogens (tertiary/aromatic N) is 4. The molecule has 0 spiro atoms. The minimum atomic E-state index is 0.0197. The van der Waals surface area contributed by atoms with Gasteiger partial charge in [-0.05, 0) is 19.1 Å². The average molecular weight is 250 g/mol. The highest BCUT2D eigenvalue weighted by Crippen LogP contribution is 2.28. The van der Waals surface area contributed by atoms with E-state index in [1.165, 1.54) is 6.20 Å². The van der Waals surface area contributed by atoms with E-state index in [-0.39, 0.29) is 11.4 Å². The van der Waals surface area contributed by atoms with Crippen LogP contribution in [-0.4, -0.2) is 16.6 Å². The van der Waals surface area contributed by atoms with E-state index in [1.807, 2.05) is 43.3 Å². The van der Waals surface area contributed by atoms with Gasteiger partial charge < -0.3 is 4.74 Å². The first-order valence-corrected chi connectivity index (χ1v) is 5.69. The Morgan fingerprint density at radius 2 is 1.89 bits per heavy atom. The molecular formula is C14H10N4O. The van der Waals surface area contributed by atoms with E-state index in [0.717, 1.165) is 5.56 Å². The highest BCUT2D eigenvalue weighted by molar-refractivity contribution is 5.67. The maximum Gasteiger partial charge on any atom is 0.177 e. The van der Waals surface area contributed by atoms with E-state index in [4.69, 9.17) is 15.3 Å². The molecule has 0 saturated heterocycles. The van der Waals surface area contributed by atoms with Crippen molar-refractivity contribution >= 4 is 0 Å². The van der Waals surface area contributed by atoms with Crippen LogP contribution in [0.15, 0.2) is 30.5 Å². The predicted molar refractivity (Wildman–Crippen MR) is 68.1 cm³/mol. The van der Waals surface area contributed by atoms with Crippen LogP contribution in [0.1, 0.15) is 18.3 Å². The predicted octanol–water partition coefficient (Wildman–Crippen LogP) is 2.29. The first kappa shape index (κ1) is 12.5. The molecule has 0 atom stereocenters. The van der Waals surface area contributed by atoms with Crippen molar-refractivity contribution in [2.75, 3.05) is 6.61 Å². The van der Waals surface area contributed by atoms with E-state index in [1.54, 1.807) is 0 Å². The molecule has 2 aromatic rings. The summed E-state index contributed by atoms with van der Waals surface area (Å²) in [7, 11) is 0. The van der Waals surface area contributed by atoms with E-state index in [2.05, 4.69) is 9.97 Å². The Morgan fingerprint density at radius 1 is 1.16 bits per heavy atom. The van der Waals surface area contributed by atoms with Gasteiger partial charge in [0.05, 0.1) is 18.5 Å². The maximum absolute atomic E-state index is 8.96. The van der Waals surface area contributed by atoms with Crippen molar-refractivity contribution in [3.63, 3.8) is 0 Å². The molecule has 0 fully saturated rings. The van der Waals surface area contributed by atoms with E-state index < -0.39 is 0 Å². The third-order valence-electron chi connectivity index (χ3n) is 2.45. The Labute approximate surface area is 110 Å². The average Bonchev–Trinajstić information content (AvgIpc) is 2.47. The van der Waals surface area contributed by atoms with Gasteiger partial charge in [-0.1, -0.05) is 12.1 Å². The lowest BCUT2D eigenvalue weighted by molar-refractivity contribution is 0.341. The Kier molecular flexibility index (Phi) is 3.70. The Balaban J connectivity index is 2.55. The number of hydrogen-bond acceptors (Lipinski definition) is 5. The summed E-state index contributed by atoms with van der Waals surface area (Å²) >= 11 is 0. The number of aromatic nitrogens is 2. The lowest BCUT2D eigenvalue weighted by atomic mass is 10.1. The molecule has 1 aromatic carbocycles. The van der Waals surface area contributed by atoms with Gasteiger partial charge in [-0.25, -0.2) is 9.97 Å². The van der Waals surface area contributed by atoms with Crippen LogP contribution in [-0.2, 0) is 0 Å². The summed E-state index contributed by atoms with van der Waals surface area (Å²) < 4.78 is 5.51. The maximum atomic E-state index is 8.96. The molecule has 2 rings (SSSR count). The fourth-order valence-electron chi connectivity index (χ4n) is 1.64. The van der Waals surface area contributed by atoms with Crippen LogP contribution in [0.5, 0.6) is 5.75 Å². The van der Waals surface area contributed by atoms with Gasteiger partial charge in [-0.15, -0.1) is 0 Å². The molecule has 0 aliphatic carbocycles. The number of ether oxygens (including phenoxy) is 1. The van der Waals surface area contributed by atoms with E-state index >= 15 is 0 Å². The van der Waals surface area contributed by atoms with Gasteiger partial charge in [0.2, 0.25) is 0 Å². The molecule has 1 heterocycles. The standard InChI is InChI=1S/C14H10N4O/c1-2-19-14-6-4-3-5-10(14)13-9-17-11(7-15)12(8-16)18-13/h3-6,9H,2H2,1H3. The topological polar surface area (TPSA) is 82.6 Å². The summed E-state index contributed by atoms with van der Waals surface area (Å²) in [6.07, 6.45) is 1.47. The zero-order chi connectivity index (χ0) is 13.7. The molecule has 0 aliphatic heterocycles. The smallest absolute Gasteiger partial charge is 0.177 e. The van der Waals surface area contributed by atoms with Crippen molar-refractivity contribution in [1.29, 1.82) is 10.5 Å². The lowest BCUT2D eigenvalue weighted by Gasteiger charge is -2.09. The molecule has 0 aliphatic rings. The summed E-state index contributed by atoms with van der Waals surface area (Å²) in [5.74, 6) is 0.674. The minimum Gasteiger partial charge on any atom is -0.493 e.